The quantitative estimate of drug-likeness (QED) is 0.208. The number of alkyl halides is 2. The molecule has 2 N–H and O–H groups in total. The first-order valence-corrected chi connectivity index (χ1v) is 21.9. The Kier molecular flexibility index (Phi) is 9.83. The summed E-state index contributed by atoms with van der Waals surface area (Å²) in [5.41, 5.74) is 0.401. The molecule has 0 radical (unpaired) electrons. The van der Waals surface area contributed by atoms with Crippen molar-refractivity contribution in [3.05, 3.63) is 64.3 Å². The summed E-state index contributed by atoms with van der Waals surface area (Å²) in [6.07, 6.45) is 6.51. The molecule has 11 rings (SSSR count). The van der Waals surface area contributed by atoms with Gasteiger partial charge in [0.2, 0.25) is 11.8 Å². The molecule has 5 saturated heterocycles. The Morgan fingerprint density at radius 2 is 1.68 bits per heavy atom. The van der Waals surface area contributed by atoms with Crippen LogP contribution in [0.4, 0.5) is 30.4 Å². The van der Waals surface area contributed by atoms with Gasteiger partial charge in [-0.25, -0.2) is 27.5 Å². The molecule has 6 fully saturated rings. The zero-order valence-electron chi connectivity index (χ0n) is 34.7. The number of morpholine rings is 1. The van der Waals surface area contributed by atoms with Gasteiger partial charge in [0.1, 0.15) is 22.9 Å². The second-order valence-corrected chi connectivity index (χ2v) is 17.8. The number of amides is 3. The standard InChI is InChI=1S/C42H48F3N13O5/c1-51-37-31(58(42(51)62)32-8-9-34(59)49-41(32)61)7-6-30(35(37)43)54-18-26(19-54)53-14-12-52(13-15-53)23-2-4-24(5-3-23)57-21-29(36(50-57)38(44)45)47-40(60)28-17-46-56-11-10-33(48-39(28)56)55-20-27-16-25(55)22-63-27/h6-7,10-11,17,21,23-27,32,38H,2-5,8-9,12-16,18-20,22H2,1H3,(H,47,60)(H,49,59,61)/t23-,24-,25-,27-,32?/m1/s1. The minimum absolute atomic E-state index is 0.0231. The number of aromatic nitrogens is 7. The van der Waals surface area contributed by atoms with Gasteiger partial charge in [-0.3, -0.25) is 43.3 Å². The molecule has 6 aliphatic rings. The monoisotopic (exact) mass is 871 g/mol. The van der Waals surface area contributed by atoms with Crippen molar-refractivity contribution in [3.63, 3.8) is 0 Å². The van der Waals surface area contributed by atoms with Gasteiger partial charge in [0, 0.05) is 83.8 Å². The van der Waals surface area contributed by atoms with E-state index < -0.39 is 41.5 Å². The molecule has 1 unspecified atom stereocenters. The molecule has 2 bridgehead atoms. The lowest BCUT2D eigenvalue weighted by Gasteiger charge is -2.50. The lowest BCUT2D eigenvalue weighted by Crippen LogP contribution is -2.64. The zero-order chi connectivity index (χ0) is 43.3. The second kappa shape index (κ2) is 15.5. The lowest BCUT2D eigenvalue weighted by molar-refractivity contribution is -0.135. The Morgan fingerprint density at radius 3 is 2.38 bits per heavy atom. The number of halogens is 3. The summed E-state index contributed by atoms with van der Waals surface area (Å²) in [5.74, 6) is -1.31. The van der Waals surface area contributed by atoms with Crippen LogP contribution in [0.25, 0.3) is 16.7 Å². The lowest BCUT2D eigenvalue weighted by atomic mass is 9.89. The van der Waals surface area contributed by atoms with Crippen molar-refractivity contribution < 1.29 is 32.3 Å². The molecule has 18 nitrogen and oxygen atoms in total. The fourth-order valence-corrected chi connectivity index (χ4v) is 10.8. The zero-order valence-corrected chi connectivity index (χ0v) is 34.7. The number of imide groups is 1. The van der Waals surface area contributed by atoms with Crippen LogP contribution in [0, 0.1) is 5.82 Å². The summed E-state index contributed by atoms with van der Waals surface area (Å²) in [6.45, 7) is 6.19. The third kappa shape index (κ3) is 6.85. The van der Waals surface area contributed by atoms with Crippen LogP contribution in [-0.2, 0) is 21.4 Å². The number of anilines is 3. The summed E-state index contributed by atoms with van der Waals surface area (Å²) in [7, 11) is 1.50. The number of fused-ring (bicyclic) bond motifs is 4. The third-order valence-electron chi connectivity index (χ3n) is 14.3. The summed E-state index contributed by atoms with van der Waals surface area (Å²) in [5, 5.41) is 13.5. The van der Waals surface area contributed by atoms with Gasteiger partial charge in [-0.1, -0.05) is 0 Å². The highest BCUT2D eigenvalue weighted by molar-refractivity contribution is 6.08. The number of piperazine rings is 1. The van der Waals surface area contributed by atoms with Crippen LogP contribution in [0.15, 0.2) is 41.6 Å². The predicted octanol–water partition coefficient (Wildman–Crippen LogP) is 2.85. The van der Waals surface area contributed by atoms with E-state index in [9.17, 15) is 28.0 Å². The molecule has 63 heavy (non-hydrogen) atoms. The SMILES string of the molecule is Cn1c(=O)n(C2CCC(=O)NC2=O)c2ccc(N3CC(N4CCN([C@H]5CC[C@H](n6cc(NC(=O)c7cnn8ccc(N9C[C@H]%10C[C@@H]9CO%10)nc78)c(C(F)F)n6)CC5)CC4)C3)c(F)c21. The van der Waals surface area contributed by atoms with Crippen LogP contribution in [0.1, 0.15) is 79.5 Å². The Morgan fingerprint density at radius 1 is 0.937 bits per heavy atom. The molecule has 1 saturated carbocycles. The molecule has 3 atom stereocenters. The normalized spacial score (nSPS) is 26.1. The molecule has 9 heterocycles. The maximum atomic E-state index is 16.1. The average Bonchev–Trinajstić information content (AvgIpc) is 4.11. The van der Waals surface area contributed by atoms with E-state index in [1.165, 1.54) is 33.1 Å². The smallest absolute Gasteiger partial charge is 0.329 e. The molecule has 21 heteroatoms. The number of rotatable bonds is 9. The van der Waals surface area contributed by atoms with Crippen molar-refractivity contribution in [1.29, 1.82) is 0 Å². The fourth-order valence-electron chi connectivity index (χ4n) is 10.8. The first-order chi connectivity index (χ1) is 30.5. The minimum Gasteiger partial charge on any atom is -0.374 e. The summed E-state index contributed by atoms with van der Waals surface area (Å²) >= 11 is 0. The topological polar surface area (TPSA) is 172 Å². The predicted molar refractivity (Wildman–Crippen MR) is 223 cm³/mol. The van der Waals surface area contributed by atoms with Crippen molar-refractivity contribution >= 4 is 51.6 Å². The maximum Gasteiger partial charge on any atom is 0.329 e. The molecular weight excluding hydrogens is 824 g/mol. The number of ether oxygens (including phenoxy) is 1. The van der Waals surface area contributed by atoms with Gasteiger partial charge in [-0.05, 0) is 56.7 Å². The summed E-state index contributed by atoms with van der Waals surface area (Å²) in [4.78, 5) is 64.9. The van der Waals surface area contributed by atoms with E-state index in [0.29, 0.717) is 42.6 Å². The first-order valence-electron chi connectivity index (χ1n) is 21.9. The van der Waals surface area contributed by atoms with Crippen LogP contribution >= 0.6 is 0 Å². The summed E-state index contributed by atoms with van der Waals surface area (Å²) < 4.78 is 56.1. The molecule has 3 amide bonds. The number of carbonyl (C=O) groups excluding carboxylic acids is 3. The van der Waals surface area contributed by atoms with Crippen LogP contribution in [0.3, 0.4) is 0 Å². The third-order valence-corrected chi connectivity index (χ3v) is 14.3. The molecule has 5 aliphatic heterocycles. The van der Waals surface area contributed by atoms with Crippen LogP contribution < -0.4 is 26.1 Å². The fraction of sp³-hybridized carbons (Fsp3) is 0.548. The second-order valence-electron chi connectivity index (χ2n) is 17.8. The van der Waals surface area contributed by atoms with Crippen LogP contribution in [0.2, 0.25) is 0 Å². The van der Waals surface area contributed by atoms with Crippen molar-refractivity contribution in [1.82, 2.24) is 48.6 Å². The van der Waals surface area contributed by atoms with E-state index in [1.807, 2.05) is 11.0 Å². The molecule has 1 aromatic carbocycles. The number of imidazole rings is 1. The maximum absolute atomic E-state index is 16.1. The van der Waals surface area contributed by atoms with Crippen LogP contribution in [0.5, 0.6) is 0 Å². The molecule has 1 aliphatic carbocycles. The molecule has 4 aromatic heterocycles. The Balaban J connectivity index is 0.684. The Hall–Kier alpha value is -5.80. The largest absolute Gasteiger partial charge is 0.374 e. The number of benzene rings is 1. The molecule has 0 spiro atoms. The van der Waals surface area contributed by atoms with E-state index in [2.05, 4.69) is 35.5 Å². The average molecular weight is 872 g/mol. The highest BCUT2D eigenvalue weighted by Crippen LogP contribution is 2.37. The first kappa shape index (κ1) is 40.0. The van der Waals surface area contributed by atoms with Crippen molar-refractivity contribution in [2.24, 2.45) is 7.05 Å². The van der Waals surface area contributed by atoms with Gasteiger partial charge in [0.25, 0.3) is 12.3 Å². The summed E-state index contributed by atoms with van der Waals surface area (Å²) in [6, 6.07) is 5.11. The van der Waals surface area contributed by atoms with Gasteiger partial charge in [-0.15, -0.1) is 0 Å². The highest BCUT2D eigenvalue weighted by atomic mass is 19.3. The Bertz CT molecular complexity index is 2690. The Labute approximate surface area is 358 Å². The molecule has 5 aromatic rings. The van der Waals surface area contributed by atoms with Crippen molar-refractivity contribution in [2.45, 2.75) is 87.7 Å². The number of piperidine rings is 1. The van der Waals surface area contributed by atoms with E-state index in [4.69, 9.17) is 9.72 Å². The number of nitrogens with one attached hydrogen (secondary N) is 2. The van der Waals surface area contributed by atoms with E-state index in [-0.39, 0.29) is 59.7 Å². The number of carbonyl (C=O) groups is 3. The number of aryl methyl sites for hydroxylation is 1. The van der Waals surface area contributed by atoms with E-state index in [0.717, 1.165) is 70.6 Å². The number of hydrogen-bond acceptors (Lipinski definition) is 12. The molecule has 332 valence electrons. The number of hydrogen-bond donors (Lipinski definition) is 2. The molecular formula is C42H48F3N13O5. The minimum atomic E-state index is -2.88. The highest BCUT2D eigenvalue weighted by Gasteiger charge is 2.41. The van der Waals surface area contributed by atoms with E-state index >= 15 is 4.39 Å². The van der Waals surface area contributed by atoms with Gasteiger partial charge < -0.3 is 19.9 Å². The van der Waals surface area contributed by atoms with Gasteiger partial charge in [-0.2, -0.15) is 10.2 Å². The van der Waals surface area contributed by atoms with Crippen molar-refractivity contribution in [2.75, 3.05) is 67.5 Å². The van der Waals surface area contributed by atoms with Gasteiger partial charge >= 0.3 is 5.69 Å². The van der Waals surface area contributed by atoms with Crippen LogP contribution in [-0.4, -0.2) is 138 Å². The van der Waals surface area contributed by atoms with E-state index in [1.54, 1.807) is 23.0 Å². The van der Waals surface area contributed by atoms with Crippen molar-refractivity contribution in [3.8, 4) is 0 Å². The van der Waals surface area contributed by atoms with Gasteiger partial charge in [0.05, 0.1) is 47.9 Å². The van der Waals surface area contributed by atoms with Gasteiger partial charge in [0.15, 0.2) is 17.2 Å². The number of nitrogens with zero attached hydrogens (tertiary/aromatic N) is 11.